The van der Waals surface area contributed by atoms with Crippen LogP contribution in [0.15, 0.2) is 51.9 Å². The molecule has 0 saturated carbocycles. The molecule has 0 saturated heterocycles. The van der Waals surface area contributed by atoms with Gasteiger partial charge in [0.25, 0.3) is 15.9 Å². The van der Waals surface area contributed by atoms with Gasteiger partial charge in [-0.3, -0.25) is 4.72 Å². The quantitative estimate of drug-likeness (QED) is 0.477. The molecule has 0 radical (unpaired) electrons. The van der Waals surface area contributed by atoms with Crippen LogP contribution >= 0.6 is 0 Å². The second kappa shape index (κ2) is 9.69. The first-order valence-corrected chi connectivity index (χ1v) is 11.1. The van der Waals surface area contributed by atoms with Gasteiger partial charge in [-0.15, -0.1) is 0 Å². The number of rotatable bonds is 9. The van der Waals surface area contributed by atoms with Gasteiger partial charge in [0.1, 0.15) is 0 Å². The van der Waals surface area contributed by atoms with Crippen LogP contribution < -0.4 is 14.2 Å². The number of carbonyl (C=O) groups is 1. The van der Waals surface area contributed by atoms with Crippen LogP contribution in [0, 0.1) is 0 Å². The van der Waals surface area contributed by atoms with Crippen LogP contribution in [-0.4, -0.2) is 38.7 Å². The molecule has 0 spiro atoms. The molecule has 0 unspecified atom stereocenters. The van der Waals surface area contributed by atoms with Crippen molar-refractivity contribution in [3.8, 4) is 11.5 Å². The average Bonchev–Trinajstić information content (AvgIpc) is 3.26. The van der Waals surface area contributed by atoms with Gasteiger partial charge < -0.3 is 18.7 Å². The summed E-state index contributed by atoms with van der Waals surface area (Å²) in [5.41, 5.74) is 0.0841. The summed E-state index contributed by atoms with van der Waals surface area (Å²) in [6.07, 6.45) is 0. The molecule has 0 bridgehead atoms. The van der Waals surface area contributed by atoms with Gasteiger partial charge in [-0.25, -0.2) is 13.2 Å². The molecular weight excluding hydrogens is 438 g/mol. The van der Waals surface area contributed by atoms with E-state index in [1.807, 2.05) is 13.8 Å². The Hall–Kier alpha value is -3.60. The van der Waals surface area contributed by atoms with Crippen LogP contribution in [0.2, 0.25) is 0 Å². The van der Waals surface area contributed by atoms with Crippen molar-refractivity contribution >= 4 is 21.7 Å². The van der Waals surface area contributed by atoms with E-state index in [0.29, 0.717) is 11.6 Å². The van der Waals surface area contributed by atoms with Crippen molar-refractivity contribution in [3.05, 3.63) is 59.7 Å². The first kappa shape index (κ1) is 23.1. The molecule has 1 aromatic heterocycles. The summed E-state index contributed by atoms with van der Waals surface area (Å²) in [5, 5.41) is 3.80. The molecule has 0 amide bonds. The normalized spacial score (nSPS) is 11.3. The highest BCUT2D eigenvalue weighted by molar-refractivity contribution is 7.92. The van der Waals surface area contributed by atoms with Crippen LogP contribution in [0.25, 0.3) is 0 Å². The minimum atomic E-state index is -4.03. The Morgan fingerprint density at radius 2 is 1.81 bits per heavy atom. The lowest BCUT2D eigenvalue weighted by Crippen LogP contribution is -2.16. The van der Waals surface area contributed by atoms with Crippen molar-refractivity contribution in [3.63, 3.8) is 0 Å². The highest BCUT2D eigenvalue weighted by atomic mass is 32.2. The minimum absolute atomic E-state index is 0.0279. The molecule has 3 aromatic rings. The largest absolute Gasteiger partial charge is 0.493 e. The van der Waals surface area contributed by atoms with Gasteiger partial charge in [-0.1, -0.05) is 31.1 Å². The van der Waals surface area contributed by atoms with Crippen molar-refractivity contribution in [1.29, 1.82) is 0 Å². The summed E-state index contributed by atoms with van der Waals surface area (Å²) in [5.74, 6) is 0.597. The fourth-order valence-corrected chi connectivity index (χ4v) is 3.80. The number of carbonyl (C=O) groups excluding carboxylic acids is 1. The third-order valence-electron chi connectivity index (χ3n) is 4.38. The van der Waals surface area contributed by atoms with Crippen molar-refractivity contribution in [2.75, 3.05) is 18.9 Å². The lowest BCUT2D eigenvalue weighted by molar-refractivity contribution is 0.0431. The zero-order valence-electron chi connectivity index (χ0n) is 18.0. The number of nitrogens with one attached hydrogen (secondary N) is 1. The minimum Gasteiger partial charge on any atom is -0.493 e. The topological polar surface area (TPSA) is 130 Å². The van der Waals surface area contributed by atoms with E-state index in [-0.39, 0.29) is 40.3 Å². The molecule has 1 heterocycles. The maximum atomic E-state index is 12.9. The number of nitrogens with zero attached hydrogens (tertiary/aromatic N) is 2. The number of esters is 1. The molecule has 0 aliphatic heterocycles. The molecule has 2 aromatic carbocycles. The van der Waals surface area contributed by atoms with Gasteiger partial charge in [0, 0.05) is 12.0 Å². The summed E-state index contributed by atoms with van der Waals surface area (Å²) in [6.45, 7) is 3.57. The Bertz CT molecular complexity index is 1210. The zero-order valence-corrected chi connectivity index (χ0v) is 18.8. The number of methoxy groups -OCH3 is 2. The Labute approximate surface area is 185 Å². The molecule has 11 heteroatoms. The molecule has 32 heavy (non-hydrogen) atoms. The van der Waals surface area contributed by atoms with E-state index in [1.165, 1.54) is 44.6 Å². The average molecular weight is 461 g/mol. The van der Waals surface area contributed by atoms with Crippen molar-refractivity contribution in [2.24, 2.45) is 0 Å². The van der Waals surface area contributed by atoms with Gasteiger partial charge in [0.15, 0.2) is 23.9 Å². The fraction of sp³-hybridized carbons (Fsp3) is 0.286. The Morgan fingerprint density at radius 3 is 2.47 bits per heavy atom. The van der Waals surface area contributed by atoms with Crippen molar-refractivity contribution in [1.82, 2.24) is 10.1 Å². The maximum Gasteiger partial charge on any atom is 0.340 e. The zero-order chi connectivity index (χ0) is 23.3. The van der Waals surface area contributed by atoms with E-state index in [4.69, 9.17) is 18.7 Å². The van der Waals surface area contributed by atoms with E-state index in [1.54, 1.807) is 12.1 Å². The first-order chi connectivity index (χ1) is 15.2. The molecule has 0 fully saturated rings. The third-order valence-corrected chi connectivity index (χ3v) is 5.75. The maximum absolute atomic E-state index is 12.9. The van der Waals surface area contributed by atoms with E-state index >= 15 is 0 Å². The number of aromatic nitrogens is 2. The predicted molar refractivity (Wildman–Crippen MR) is 114 cm³/mol. The molecule has 0 atom stereocenters. The standard InChI is InChI=1S/C21H23N3O7S/c1-13(2)20-22-19(31-23-20)12-30-21(25)15-7-5-6-8-16(15)24-32(26,27)14-9-10-17(28-3)18(11-14)29-4/h5-11,13,24H,12H2,1-4H3. The summed E-state index contributed by atoms with van der Waals surface area (Å²) >= 11 is 0. The molecule has 0 aliphatic carbocycles. The monoisotopic (exact) mass is 461 g/mol. The Balaban J connectivity index is 1.79. The van der Waals surface area contributed by atoms with Gasteiger partial charge >= 0.3 is 5.97 Å². The SMILES string of the molecule is COc1ccc(S(=O)(=O)Nc2ccccc2C(=O)OCc2nc(C(C)C)no2)cc1OC. The molecular formula is C21H23N3O7S. The van der Waals surface area contributed by atoms with E-state index < -0.39 is 16.0 Å². The van der Waals surface area contributed by atoms with Crippen LogP contribution in [0.5, 0.6) is 11.5 Å². The van der Waals surface area contributed by atoms with Crippen molar-refractivity contribution in [2.45, 2.75) is 31.3 Å². The van der Waals surface area contributed by atoms with E-state index in [2.05, 4.69) is 14.9 Å². The van der Waals surface area contributed by atoms with Gasteiger partial charge in [0.05, 0.1) is 30.4 Å². The number of anilines is 1. The second-order valence-corrected chi connectivity index (χ2v) is 8.63. The molecule has 3 rings (SSSR count). The van der Waals surface area contributed by atoms with Gasteiger partial charge in [-0.2, -0.15) is 4.98 Å². The van der Waals surface area contributed by atoms with Crippen LogP contribution in [0.3, 0.4) is 0 Å². The summed E-state index contributed by atoms with van der Waals surface area (Å²) in [7, 11) is -1.18. The molecule has 0 aliphatic rings. The number of sulfonamides is 1. The first-order valence-electron chi connectivity index (χ1n) is 9.58. The summed E-state index contributed by atoms with van der Waals surface area (Å²) in [6, 6.07) is 10.3. The number of hydrogen-bond acceptors (Lipinski definition) is 9. The van der Waals surface area contributed by atoms with E-state index in [9.17, 15) is 13.2 Å². The number of benzene rings is 2. The molecule has 170 valence electrons. The number of para-hydroxylation sites is 1. The van der Waals surface area contributed by atoms with Crippen LogP contribution in [0.4, 0.5) is 5.69 Å². The van der Waals surface area contributed by atoms with Gasteiger partial charge in [-0.05, 0) is 24.3 Å². The lowest BCUT2D eigenvalue weighted by Gasteiger charge is -2.13. The number of ether oxygens (including phenoxy) is 3. The Morgan fingerprint density at radius 1 is 1.09 bits per heavy atom. The van der Waals surface area contributed by atoms with Gasteiger partial charge in [0.2, 0.25) is 0 Å². The van der Waals surface area contributed by atoms with E-state index in [0.717, 1.165) is 0 Å². The summed E-state index contributed by atoms with van der Waals surface area (Å²) in [4.78, 5) is 16.7. The van der Waals surface area contributed by atoms with Crippen molar-refractivity contribution < 1.29 is 31.9 Å². The third kappa shape index (κ3) is 5.17. The van der Waals surface area contributed by atoms with Crippen LogP contribution in [0.1, 0.15) is 41.8 Å². The second-order valence-electron chi connectivity index (χ2n) is 6.95. The Kier molecular flexibility index (Phi) is 6.98. The highest BCUT2D eigenvalue weighted by Gasteiger charge is 2.21. The smallest absolute Gasteiger partial charge is 0.340 e. The number of hydrogen-bond donors (Lipinski definition) is 1. The molecule has 1 N–H and O–H groups in total. The lowest BCUT2D eigenvalue weighted by atomic mass is 10.2. The fourth-order valence-electron chi connectivity index (χ4n) is 2.70. The van der Waals surface area contributed by atoms with Crippen LogP contribution in [-0.2, 0) is 21.4 Å². The summed E-state index contributed by atoms with van der Waals surface area (Å²) < 4.78 is 48.8. The molecule has 10 nitrogen and oxygen atoms in total. The predicted octanol–water partition coefficient (Wildman–Crippen LogP) is 3.37. The highest BCUT2D eigenvalue weighted by Crippen LogP contribution is 2.30.